The molecule has 0 saturated carbocycles. The SMILES string of the molecule is CC(=NC(C)C)Nc1c(F)cccc1F. The van der Waals surface area contributed by atoms with Crippen molar-refractivity contribution in [2.45, 2.75) is 26.8 Å². The summed E-state index contributed by atoms with van der Waals surface area (Å²) < 4.78 is 26.4. The fourth-order valence-electron chi connectivity index (χ4n) is 1.22. The first kappa shape index (κ1) is 11.6. The molecule has 1 aromatic rings. The number of hydrogen-bond acceptors (Lipinski definition) is 1. The lowest BCUT2D eigenvalue weighted by molar-refractivity contribution is 0.591. The van der Waals surface area contributed by atoms with Crippen molar-refractivity contribution in [2.75, 3.05) is 5.32 Å². The second-order valence-corrected chi connectivity index (χ2v) is 3.53. The maximum absolute atomic E-state index is 13.2. The number of anilines is 1. The summed E-state index contributed by atoms with van der Waals surface area (Å²) in [7, 11) is 0. The number of nitrogens with zero attached hydrogens (tertiary/aromatic N) is 1. The molecule has 0 fully saturated rings. The van der Waals surface area contributed by atoms with Crippen molar-refractivity contribution in [1.82, 2.24) is 0 Å². The largest absolute Gasteiger partial charge is 0.340 e. The van der Waals surface area contributed by atoms with Gasteiger partial charge >= 0.3 is 0 Å². The summed E-state index contributed by atoms with van der Waals surface area (Å²) in [6, 6.07) is 3.82. The van der Waals surface area contributed by atoms with Crippen LogP contribution in [-0.2, 0) is 0 Å². The van der Waals surface area contributed by atoms with Crippen LogP contribution in [0.15, 0.2) is 23.2 Å². The van der Waals surface area contributed by atoms with Crippen LogP contribution in [0.25, 0.3) is 0 Å². The predicted octanol–water partition coefficient (Wildman–Crippen LogP) is 3.20. The van der Waals surface area contributed by atoms with Crippen LogP contribution in [0.2, 0.25) is 0 Å². The third kappa shape index (κ3) is 3.31. The van der Waals surface area contributed by atoms with E-state index in [9.17, 15) is 8.78 Å². The Bertz CT molecular complexity index is 353. The number of nitrogens with one attached hydrogen (secondary N) is 1. The van der Waals surface area contributed by atoms with Crippen LogP contribution in [0.5, 0.6) is 0 Å². The van der Waals surface area contributed by atoms with E-state index >= 15 is 0 Å². The van der Waals surface area contributed by atoms with Crippen LogP contribution in [-0.4, -0.2) is 11.9 Å². The van der Waals surface area contributed by atoms with Crippen molar-refractivity contribution < 1.29 is 8.78 Å². The summed E-state index contributed by atoms with van der Waals surface area (Å²) in [5, 5.41) is 2.61. The van der Waals surface area contributed by atoms with Crippen LogP contribution in [0.3, 0.4) is 0 Å². The van der Waals surface area contributed by atoms with E-state index in [2.05, 4.69) is 10.3 Å². The number of para-hydroxylation sites is 1. The van der Waals surface area contributed by atoms with Gasteiger partial charge in [0.15, 0.2) is 0 Å². The molecule has 0 unspecified atom stereocenters. The van der Waals surface area contributed by atoms with Crippen molar-refractivity contribution in [3.63, 3.8) is 0 Å². The summed E-state index contributed by atoms with van der Waals surface area (Å²) in [6.45, 7) is 5.46. The highest BCUT2D eigenvalue weighted by molar-refractivity contribution is 5.93. The van der Waals surface area contributed by atoms with E-state index in [4.69, 9.17) is 0 Å². The molecule has 82 valence electrons. The molecule has 0 atom stereocenters. The molecular weight excluding hydrogens is 198 g/mol. The number of rotatable bonds is 2. The molecule has 0 amide bonds. The fraction of sp³-hybridized carbons (Fsp3) is 0.364. The molecule has 1 rings (SSSR count). The van der Waals surface area contributed by atoms with Gasteiger partial charge in [-0.15, -0.1) is 0 Å². The highest BCUT2D eigenvalue weighted by atomic mass is 19.1. The minimum Gasteiger partial charge on any atom is -0.340 e. The standard InChI is InChI=1S/C11H14F2N2/c1-7(2)14-8(3)15-11-9(12)5-4-6-10(11)13/h4-7H,1-3H3,(H,14,15). The zero-order chi connectivity index (χ0) is 11.4. The molecule has 1 aromatic carbocycles. The Balaban J connectivity index is 2.90. The lowest BCUT2D eigenvalue weighted by Crippen LogP contribution is -2.12. The Labute approximate surface area is 88.0 Å². The molecule has 15 heavy (non-hydrogen) atoms. The highest BCUT2D eigenvalue weighted by Crippen LogP contribution is 2.17. The van der Waals surface area contributed by atoms with Crippen LogP contribution in [0.1, 0.15) is 20.8 Å². The first-order chi connectivity index (χ1) is 7.00. The molecule has 0 aliphatic carbocycles. The summed E-state index contributed by atoms with van der Waals surface area (Å²) in [4.78, 5) is 4.13. The maximum Gasteiger partial charge on any atom is 0.149 e. The van der Waals surface area contributed by atoms with Crippen molar-refractivity contribution in [2.24, 2.45) is 4.99 Å². The van der Waals surface area contributed by atoms with Gasteiger partial charge in [0.25, 0.3) is 0 Å². The van der Waals surface area contributed by atoms with Crippen LogP contribution in [0.4, 0.5) is 14.5 Å². The van der Waals surface area contributed by atoms with Gasteiger partial charge in [-0.1, -0.05) is 6.07 Å². The molecule has 0 aromatic heterocycles. The Kier molecular flexibility index (Phi) is 3.77. The van der Waals surface area contributed by atoms with Gasteiger partial charge < -0.3 is 5.32 Å². The zero-order valence-corrected chi connectivity index (χ0v) is 9.01. The average molecular weight is 212 g/mol. The van der Waals surface area contributed by atoms with Crippen molar-refractivity contribution in [3.8, 4) is 0 Å². The van der Waals surface area contributed by atoms with E-state index in [0.29, 0.717) is 5.84 Å². The first-order valence-corrected chi connectivity index (χ1v) is 4.76. The Morgan fingerprint density at radius 2 is 1.80 bits per heavy atom. The van der Waals surface area contributed by atoms with Gasteiger partial charge in [-0.25, -0.2) is 8.78 Å². The van der Waals surface area contributed by atoms with Gasteiger partial charge in [-0.3, -0.25) is 4.99 Å². The lowest BCUT2D eigenvalue weighted by Gasteiger charge is -2.09. The minimum absolute atomic E-state index is 0.0901. The third-order valence-electron chi connectivity index (χ3n) is 1.72. The molecule has 0 heterocycles. The Hall–Kier alpha value is -1.45. The van der Waals surface area contributed by atoms with E-state index in [1.165, 1.54) is 18.2 Å². The fourth-order valence-corrected chi connectivity index (χ4v) is 1.22. The Morgan fingerprint density at radius 3 is 2.27 bits per heavy atom. The zero-order valence-electron chi connectivity index (χ0n) is 9.01. The molecule has 0 saturated heterocycles. The monoisotopic (exact) mass is 212 g/mol. The molecule has 4 heteroatoms. The van der Waals surface area contributed by atoms with Gasteiger partial charge in [0.05, 0.1) is 5.84 Å². The molecule has 0 radical (unpaired) electrons. The van der Waals surface area contributed by atoms with Gasteiger partial charge in [0.2, 0.25) is 0 Å². The van der Waals surface area contributed by atoms with Crippen LogP contribution in [0, 0.1) is 11.6 Å². The summed E-state index contributed by atoms with van der Waals surface area (Å²) in [6.07, 6.45) is 0. The maximum atomic E-state index is 13.2. The van der Waals surface area contributed by atoms with Gasteiger partial charge in [-0.2, -0.15) is 0 Å². The van der Waals surface area contributed by atoms with Crippen molar-refractivity contribution in [1.29, 1.82) is 0 Å². The molecular formula is C11H14F2N2. The van der Waals surface area contributed by atoms with Crippen LogP contribution < -0.4 is 5.32 Å². The molecule has 0 aliphatic rings. The van der Waals surface area contributed by atoms with Gasteiger partial charge in [0.1, 0.15) is 17.3 Å². The predicted molar refractivity (Wildman–Crippen MR) is 58.2 cm³/mol. The molecule has 1 N–H and O–H groups in total. The molecule has 0 bridgehead atoms. The molecule has 2 nitrogen and oxygen atoms in total. The molecule has 0 spiro atoms. The second-order valence-electron chi connectivity index (χ2n) is 3.53. The van der Waals surface area contributed by atoms with Gasteiger partial charge in [-0.05, 0) is 32.9 Å². The number of aliphatic imine (C=N–C) groups is 1. The lowest BCUT2D eigenvalue weighted by atomic mass is 10.3. The summed E-state index contributed by atoms with van der Waals surface area (Å²) in [5.41, 5.74) is -0.153. The van der Waals surface area contributed by atoms with Crippen molar-refractivity contribution in [3.05, 3.63) is 29.8 Å². The van der Waals surface area contributed by atoms with E-state index in [-0.39, 0.29) is 11.7 Å². The number of benzene rings is 1. The Morgan fingerprint density at radius 1 is 1.27 bits per heavy atom. The third-order valence-corrected chi connectivity index (χ3v) is 1.72. The quantitative estimate of drug-likeness (QED) is 0.590. The topological polar surface area (TPSA) is 24.4 Å². The van der Waals surface area contributed by atoms with Crippen LogP contribution >= 0.6 is 0 Å². The number of amidine groups is 1. The molecule has 0 aliphatic heterocycles. The average Bonchev–Trinajstić information content (AvgIpc) is 2.10. The van der Waals surface area contributed by atoms with E-state index in [1.807, 2.05) is 13.8 Å². The number of halogens is 2. The number of hydrogen-bond donors (Lipinski definition) is 1. The van der Waals surface area contributed by atoms with E-state index < -0.39 is 11.6 Å². The smallest absolute Gasteiger partial charge is 0.149 e. The normalized spacial score (nSPS) is 12.0. The summed E-state index contributed by atoms with van der Waals surface area (Å²) >= 11 is 0. The second kappa shape index (κ2) is 4.87. The summed E-state index contributed by atoms with van der Waals surface area (Å²) in [5.74, 6) is -0.740. The first-order valence-electron chi connectivity index (χ1n) is 4.76. The van der Waals surface area contributed by atoms with E-state index in [0.717, 1.165) is 0 Å². The van der Waals surface area contributed by atoms with Crippen molar-refractivity contribution >= 4 is 11.5 Å². The highest BCUT2D eigenvalue weighted by Gasteiger charge is 2.08. The van der Waals surface area contributed by atoms with E-state index in [1.54, 1.807) is 6.92 Å². The minimum atomic E-state index is -0.617. The van der Waals surface area contributed by atoms with Gasteiger partial charge in [0, 0.05) is 6.04 Å².